The Hall–Kier alpha value is -1.65. The Morgan fingerprint density at radius 3 is 2.14 bits per heavy atom. The number of halogens is 1. The SMILES string of the molecule is Cc1cc(-c2ccc(Br)cc2)cc(C)c1-c1csc(N)n1. The molecule has 0 fully saturated rings. The molecule has 0 amide bonds. The minimum absolute atomic E-state index is 0.612. The first-order valence-electron chi connectivity index (χ1n) is 6.63. The zero-order chi connectivity index (χ0) is 15.0. The van der Waals surface area contributed by atoms with Crippen LogP contribution < -0.4 is 5.73 Å². The Morgan fingerprint density at radius 2 is 1.62 bits per heavy atom. The van der Waals surface area contributed by atoms with E-state index in [2.05, 4.69) is 71.2 Å². The second-order valence-corrected chi connectivity index (χ2v) is 6.87. The molecule has 0 aliphatic rings. The molecule has 0 saturated carbocycles. The van der Waals surface area contributed by atoms with Gasteiger partial charge in [0.2, 0.25) is 0 Å². The standard InChI is InChI=1S/C17H15BrN2S/c1-10-7-13(12-3-5-14(18)6-4-12)8-11(2)16(10)15-9-21-17(19)20-15/h3-9H,1-2H3,(H2,19,20). The van der Waals surface area contributed by atoms with Crippen LogP contribution in [0.4, 0.5) is 5.13 Å². The summed E-state index contributed by atoms with van der Waals surface area (Å²) in [5.41, 5.74) is 12.8. The molecule has 2 N–H and O–H groups in total. The van der Waals surface area contributed by atoms with Crippen LogP contribution in [0.15, 0.2) is 46.3 Å². The maximum Gasteiger partial charge on any atom is 0.180 e. The molecule has 0 aliphatic heterocycles. The quantitative estimate of drug-likeness (QED) is 0.662. The van der Waals surface area contributed by atoms with Gasteiger partial charge >= 0.3 is 0 Å². The van der Waals surface area contributed by atoms with Crippen LogP contribution >= 0.6 is 27.3 Å². The molecule has 3 rings (SSSR count). The molecule has 1 aromatic heterocycles. The van der Waals surface area contributed by atoms with Crippen LogP contribution in [0.25, 0.3) is 22.4 Å². The third-order valence-corrected chi connectivity index (χ3v) is 4.69. The largest absolute Gasteiger partial charge is 0.375 e. The fourth-order valence-electron chi connectivity index (χ4n) is 2.58. The molecule has 0 aliphatic carbocycles. The first-order chi connectivity index (χ1) is 10.0. The number of aromatic nitrogens is 1. The van der Waals surface area contributed by atoms with E-state index in [4.69, 9.17) is 5.73 Å². The molecule has 0 radical (unpaired) electrons. The number of nitrogens with two attached hydrogens (primary N) is 1. The van der Waals surface area contributed by atoms with E-state index in [1.54, 1.807) is 0 Å². The molecule has 4 heteroatoms. The molecule has 2 nitrogen and oxygen atoms in total. The fraction of sp³-hybridized carbons (Fsp3) is 0.118. The van der Waals surface area contributed by atoms with Gasteiger partial charge in [0.05, 0.1) is 5.69 Å². The maximum absolute atomic E-state index is 5.75. The van der Waals surface area contributed by atoms with Gasteiger partial charge in [-0.3, -0.25) is 0 Å². The van der Waals surface area contributed by atoms with Crippen molar-refractivity contribution in [1.29, 1.82) is 0 Å². The molecule has 0 bridgehead atoms. The smallest absolute Gasteiger partial charge is 0.180 e. The summed E-state index contributed by atoms with van der Waals surface area (Å²) in [6.45, 7) is 4.25. The van der Waals surface area contributed by atoms with Crippen molar-refractivity contribution in [3.05, 3.63) is 57.4 Å². The summed E-state index contributed by atoms with van der Waals surface area (Å²) >= 11 is 4.95. The van der Waals surface area contributed by atoms with Crippen LogP contribution in [0.5, 0.6) is 0 Å². The van der Waals surface area contributed by atoms with E-state index in [1.165, 1.54) is 39.2 Å². The number of rotatable bonds is 2. The monoisotopic (exact) mass is 358 g/mol. The lowest BCUT2D eigenvalue weighted by molar-refractivity contribution is 1.32. The predicted octanol–water partition coefficient (Wildman–Crippen LogP) is 5.44. The number of anilines is 1. The minimum atomic E-state index is 0.612. The molecular formula is C17H15BrN2S. The normalized spacial score (nSPS) is 10.8. The topological polar surface area (TPSA) is 38.9 Å². The van der Waals surface area contributed by atoms with Gasteiger partial charge < -0.3 is 5.73 Å². The van der Waals surface area contributed by atoms with Crippen LogP contribution in [0, 0.1) is 13.8 Å². The number of hydrogen-bond donors (Lipinski definition) is 1. The Labute approximate surface area is 136 Å². The molecular weight excluding hydrogens is 344 g/mol. The molecule has 0 saturated heterocycles. The van der Waals surface area contributed by atoms with E-state index in [9.17, 15) is 0 Å². The summed E-state index contributed by atoms with van der Waals surface area (Å²) in [5.74, 6) is 0. The molecule has 106 valence electrons. The van der Waals surface area contributed by atoms with E-state index < -0.39 is 0 Å². The van der Waals surface area contributed by atoms with Gasteiger partial charge in [0, 0.05) is 15.4 Å². The Balaban J connectivity index is 2.09. The second kappa shape index (κ2) is 5.62. The first-order valence-corrected chi connectivity index (χ1v) is 8.30. The number of thiazole rings is 1. The molecule has 0 atom stereocenters. The fourth-order valence-corrected chi connectivity index (χ4v) is 3.40. The third kappa shape index (κ3) is 2.87. The molecule has 3 aromatic rings. The Kier molecular flexibility index (Phi) is 3.83. The zero-order valence-electron chi connectivity index (χ0n) is 11.9. The third-order valence-electron chi connectivity index (χ3n) is 3.49. The van der Waals surface area contributed by atoms with Crippen molar-refractivity contribution in [2.75, 3.05) is 5.73 Å². The molecule has 0 spiro atoms. The Morgan fingerprint density at radius 1 is 1.00 bits per heavy atom. The van der Waals surface area contributed by atoms with Gasteiger partial charge in [-0.1, -0.05) is 40.2 Å². The summed E-state index contributed by atoms with van der Waals surface area (Å²) in [6, 6.07) is 12.8. The van der Waals surface area contributed by atoms with Crippen LogP contribution in [-0.4, -0.2) is 4.98 Å². The Bertz CT molecular complexity index is 768. The highest BCUT2D eigenvalue weighted by Gasteiger charge is 2.11. The summed E-state index contributed by atoms with van der Waals surface area (Å²) in [4.78, 5) is 4.41. The molecule has 2 aromatic carbocycles. The highest BCUT2D eigenvalue weighted by molar-refractivity contribution is 9.10. The summed E-state index contributed by atoms with van der Waals surface area (Å²) in [6.07, 6.45) is 0. The van der Waals surface area contributed by atoms with Crippen LogP contribution in [0.1, 0.15) is 11.1 Å². The summed E-state index contributed by atoms with van der Waals surface area (Å²) in [5, 5.41) is 2.63. The number of nitrogens with zero attached hydrogens (tertiary/aromatic N) is 1. The first kappa shape index (κ1) is 14.3. The van der Waals surface area contributed by atoms with E-state index in [0.717, 1.165) is 10.2 Å². The lowest BCUT2D eigenvalue weighted by Crippen LogP contribution is -1.91. The van der Waals surface area contributed by atoms with E-state index in [1.807, 2.05) is 5.38 Å². The van der Waals surface area contributed by atoms with Gasteiger partial charge in [-0.25, -0.2) is 4.98 Å². The minimum Gasteiger partial charge on any atom is -0.375 e. The van der Waals surface area contributed by atoms with Crippen molar-refractivity contribution in [3.63, 3.8) is 0 Å². The van der Waals surface area contributed by atoms with Crippen LogP contribution in [0.3, 0.4) is 0 Å². The van der Waals surface area contributed by atoms with Gasteiger partial charge in [-0.2, -0.15) is 0 Å². The predicted molar refractivity (Wildman–Crippen MR) is 94.6 cm³/mol. The lowest BCUT2D eigenvalue weighted by atomic mass is 9.94. The van der Waals surface area contributed by atoms with E-state index in [-0.39, 0.29) is 0 Å². The second-order valence-electron chi connectivity index (χ2n) is 5.06. The average Bonchev–Trinajstić information content (AvgIpc) is 2.85. The van der Waals surface area contributed by atoms with E-state index in [0.29, 0.717) is 5.13 Å². The van der Waals surface area contributed by atoms with Crippen molar-refractivity contribution in [1.82, 2.24) is 4.98 Å². The van der Waals surface area contributed by atoms with Crippen molar-refractivity contribution in [2.24, 2.45) is 0 Å². The summed E-state index contributed by atoms with van der Waals surface area (Å²) in [7, 11) is 0. The zero-order valence-corrected chi connectivity index (χ0v) is 14.3. The molecule has 21 heavy (non-hydrogen) atoms. The van der Waals surface area contributed by atoms with Gasteiger partial charge in [0.15, 0.2) is 5.13 Å². The van der Waals surface area contributed by atoms with Crippen molar-refractivity contribution >= 4 is 32.4 Å². The van der Waals surface area contributed by atoms with Crippen LogP contribution in [-0.2, 0) is 0 Å². The van der Waals surface area contributed by atoms with Gasteiger partial charge in [-0.15, -0.1) is 11.3 Å². The number of aryl methyl sites for hydroxylation is 2. The van der Waals surface area contributed by atoms with Gasteiger partial charge in [-0.05, 0) is 48.2 Å². The van der Waals surface area contributed by atoms with E-state index >= 15 is 0 Å². The molecule has 1 heterocycles. The maximum atomic E-state index is 5.75. The van der Waals surface area contributed by atoms with Gasteiger partial charge in [0.1, 0.15) is 0 Å². The van der Waals surface area contributed by atoms with Crippen molar-refractivity contribution < 1.29 is 0 Å². The average molecular weight is 359 g/mol. The molecule has 0 unspecified atom stereocenters. The number of nitrogen functional groups attached to an aromatic ring is 1. The lowest BCUT2D eigenvalue weighted by Gasteiger charge is -2.11. The highest BCUT2D eigenvalue weighted by Crippen LogP contribution is 2.33. The highest BCUT2D eigenvalue weighted by atomic mass is 79.9. The van der Waals surface area contributed by atoms with Crippen molar-refractivity contribution in [2.45, 2.75) is 13.8 Å². The number of benzene rings is 2. The van der Waals surface area contributed by atoms with Crippen molar-refractivity contribution in [3.8, 4) is 22.4 Å². The van der Waals surface area contributed by atoms with Crippen LogP contribution in [0.2, 0.25) is 0 Å². The number of hydrogen-bond acceptors (Lipinski definition) is 3. The van der Waals surface area contributed by atoms with Gasteiger partial charge in [0.25, 0.3) is 0 Å². The summed E-state index contributed by atoms with van der Waals surface area (Å²) < 4.78 is 1.09.